The Morgan fingerprint density at radius 2 is 1.90 bits per heavy atom. The maximum atomic E-state index is 12.2. The van der Waals surface area contributed by atoms with Gasteiger partial charge in [-0.1, -0.05) is 0 Å². The Bertz CT molecular complexity index is 598. The topological polar surface area (TPSA) is 83.9 Å². The van der Waals surface area contributed by atoms with Gasteiger partial charge in [0.25, 0.3) is 0 Å². The number of hydrogen-bond acceptors (Lipinski definition) is 5. The molecule has 20 heavy (non-hydrogen) atoms. The Hall–Kier alpha value is -1.44. The molecule has 0 bridgehead atoms. The van der Waals surface area contributed by atoms with Crippen molar-refractivity contribution in [2.24, 2.45) is 0 Å². The summed E-state index contributed by atoms with van der Waals surface area (Å²) in [5.74, 6) is -0.483. The Kier molecular flexibility index (Phi) is 3.86. The molecule has 0 radical (unpaired) electrons. The van der Waals surface area contributed by atoms with E-state index in [0.717, 1.165) is 0 Å². The molecule has 6 nitrogen and oxygen atoms in total. The molecule has 1 fully saturated rings. The van der Waals surface area contributed by atoms with Gasteiger partial charge in [-0.3, -0.25) is 0 Å². The summed E-state index contributed by atoms with van der Waals surface area (Å²) >= 11 is 0. The third-order valence-electron chi connectivity index (χ3n) is 3.04. The number of ether oxygens (including phenoxy) is 1. The highest BCUT2D eigenvalue weighted by Crippen LogP contribution is 2.27. The first-order valence-electron chi connectivity index (χ1n) is 6.26. The lowest BCUT2D eigenvalue weighted by molar-refractivity contribution is -0.0426. The van der Waals surface area contributed by atoms with E-state index in [0.29, 0.717) is 5.56 Å². The van der Waals surface area contributed by atoms with Crippen LogP contribution in [0.1, 0.15) is 24.2 Å². The fourth-order valence-electron chi connectivity index (χ4n) is 2.01. The summed E-state index contributed by atoms with van der Waals surface area (Å²) in [6.07, 6.45) is 0. The molecule has 1 heterocycles. The second kappa shape index (κ2) is 5.16. The molecule has 1 aliphatic rings. The monoisotopic (exact) mass is 299 g/mol. The third kappa shape index (κ3) is 2.84. The largest absolute Gasteiger partial charge is 0.462 e. The van der Waals surface area contributed by atoms with Gasteiger partial charge in [0, 0.05) is 13.1 Å². The quantitative estimate of drug-likeness (QED) is 0.824. The van der Waals surface area contributed by atoms with E-state index in [4.69, 9.17) is 4.74 Å². The molecule has 0 atom stereocenters. The SMILES string of the molecule is CCOC(=O)c1ccc(S(=O)(=O)N2CC(C)(O)C2)cc1. The van der Waals surface area contributed by atoms with Crippen LogP contribution in [-0.4, -0.2) is 49.1 Å². The van der Waals surface area contributed by atoms with E-state index in [2.05, 4.69) is 0 Å². The molecule has 0 unspecified atom stereocenters. The summed E-state index contributed by atoms with van der Waals surface area (Å²) in [6, 6.07) is 5.58. The molecule has 0 aliphatic carbocycles. The number of sulfonamides is 1. The maximum absolute atomic E-state index is 12.2. The van der Waals surface area contributed by atoms with E-state index in [1.54, 1.807) is 13.8 Å². The lowest BCUT2D eigenvalue weighted by atomic mass is 10.0. The second-order valence-corrected chi connectivity index (χ2v) is 6.95. The van der Waals surface area contributed by atoms with Gasteiger partial charge in [0.1, 0.15) is 0 Å². The van der Waals surface area contributed by atoms with E-state index in [-0.39, 0.29) is 24.6 Å². The summed E-state index contributed by atoms with van der Waals surface area (Å²) in [7, 11) is -3.61. The van der Waals surface area contributed by atoms with Crippen molar-refractivity contribution in [1.82, 2.24) is 4.31 Å². The minimum Gasteiger partial charge on any atom is -0.462 e. The van der Waals surface area contributed by atoms with Crippen LogP contribution in [0.15, 0.2) is 29.2 Å². The molecule has 1 N–H and O–H groups in total. The zero-order valence-electron chi connectivity index (χ0n) is 11.4. The van der Waals surface area contributed by atoms with Crippen LogP contribution >= 0.6 is 0 Å². The summed E-state index contributed by atoms with van der Waals surface area (Å²) < 4.78 is 30.4. The van der Waals surface area contributed by atoms with Crippen LogP contribution in [0.4, 0.5) is 0 Å². The summed E-state index contributed by atoms with van der Waals surface area (Å²) in [6.45, 7) is 3.71. The first-order valence-corrected chi connectivity index (χ1v) is 7.70. The standard InChI is InChI=1S/C13H17NO5S/c1-3-19-12(15)10-4-6-11(7-5-10)20(17,18)14-8-13(2,16)9-14/h4-7,16H,3,8-9H2,1-2H3. The molecule has 110 valence electrons. The number of aliphatic hydroxyl groups is 1. The fraction of sp³-hybridized carbons (Fsp3) is 0.462. The average Bonchev–Trinajstić information content (AvgIpc) is 2.36. The molecule has 0 amide bonds. The van der Waals surface area contributed by atoms with Gasteiger partial charge in [0.15, 0.2) is 0 Å². The summed E-state index contributed by atoms with van der Waals surface area (Å²) in [5, 5.41) is 9.60. The van der Waals surface area contributed by atoms with Crippen LogP contribution in [0.3, 0.4) is 0 Å². The first kappa shape index (κ1) is 15.0. The second-order valence-electron chi connectivity index (χ2n) is 5.01. The molecular formula is C13H17NO5S. The van der Waals surface area contributed by atoms with E-state index in [1.807, 2.05) is 0 Å². The van der Waals surface area contributed by atoms with Gasteiger partial charge in [-0.05, 0) is 38.1 Å². The smallest absolute Gasteiger partial charge is 0.338 e. The number of nitrogens with zero attached hydrogens (tertiary/aromatic N) is 1. The van der Waals surface area contributed by atoms with Gasteiger partial charge in [0.2, 0.25) is 10.0 Å². The maximum Gasteiger partial charge on any atom is 0.338 e. The molecule has 1 aromatic rings. The number of benzene rings is 1. The fourth-order valence-corrected chi connectivity index (χ4v) is 3.68. The van der Waals surface area contributed by atoms with Crippen molar-refractivity contribution in [2.45, 2.75) is 24.3 Å². The minimum atomic E-state index is -3.61. The van der Waals surface area contributed by atoms with Crippen LogP contribution in [0.5, 0.6) is 0 Å². The van der Waals surface area contributed by atoms with Gasteiger partial charge in [0.05, 0.1) is 22.7 Å². The van der Waals surface area contributed by atoms with Crippen LogP contribution in [0.2, 0.25) is 0 Å². The molecule has 1 saturated heterocycles. The van der Waals surface area contributed by atoms with Gasteiger partial charge < -0.3 is 9.84 Å². The number of rotatable bonds is 4. The molecular weight excluding hydrogens is 282 g/mol. The molecule has 1 aliphatic heterocycles. The van der Waals surface area contributed by atoms with Crippen molar-refractivity contribution >= 4 is 16.0 Å². The molecule has 1 aromatic carbocycles. The third-order valence-corrected chi connectivity index (χ3v) is 4.84. The number of β-amino-alcohol motifs (C(OH)–C–C–N with tert-alkyl or cyclic N) is 1. The lowest BCUT2D eigenvalue weighted by Gasteiger charge is -2.42. The van der Waals surface area contributed by atoms with Crippen LogP contribution in [-0.2, 0) is 14.8 Å². The van der Waals surface area contributed by atoms with E-state index in [1.165, 1.54) is 28.6 Å². The van der Waals surface area contributed by atoms with Crippen LogP contribution in [0, 0.1) is 0 Å². The van der Waals surface area contributed by atoms with Crippen molar-refractivity contribution in [3.63, 3.8) is 0 Å². The normalized spacial score (nSPS) is 18.4. The molecule has 0 spiro atoms. The number of carbonyl (C=O) groups excluding carboxylic acids is 1. The van der Waals surface area contributed by atoms with Crippen molar-refractivity contribution in [3.05, 3.63) is 29.8 Å². The summed E-state index contributed by atoms with van der Waals surface area (Å²) in [5.41, 5.74) is -0.654. The summed E-state index contributed by atoms with van der Waals surface area (Å²) in [4.78, 5) is 11.6. The molecule has 0 saturated carbocycles. The lowest BCUT2D eigenvalue weighted by Crippen LogP contribution is -2.61. The Labute approximate surface area is 118 Å². The van der Waals surface area contributed by atoms with E-state index < -0.39 is 21.6 Å². The predicted molar refractivity (Wildman–Crippen MR) is 71.8 cm³/mol. The highest BCUT2D eigenvalue weighted by Gasteiger charge is 2.43. The Balaban J connectivity index is 2.16. The zero-order chi connectivity index (χ0) is 15.0. The van der Waals surface area contributed by atoms with Crippen LogP contribution < -0.4 is 0 Å². The van der Waals surface area contributed by atoms with Gasteiger partial charge >= 0.3 is 5.97 Å². The highest BCUT2D eigenvalue weighted by atomic mass is 32.2. The molecule has 0 aromatic heterocycles. The van der Waals surface area contributed by atoms with Gasteiger partial charge in [-0.2, -0.15) is 4.31 Å². The van der Waals surface area contributed by atoms with E-state index >= 15 is 0 Å². The van der Waals surface area contributed by atoms with Gasteiger partial charge in [-0.25, -0.2) is 13.2 Å². The minimum absolute atomic E-state index is 0.0783. The average molecular weight is 299 g/mol. The number of carbonyl (C=O) groups is 1. The first-order chi connectivity index (χ1) is 9.26. The van der Waals surface area contributed by atoms with Gasteiger partial charge in [-0.15, -0.1) is 0 Å². The van der Waals surface area contributed by atoms with Crippen molar-refractivity contribution in [3.8, 4) is 0 Å². The highest BCUT2D eigenvalue weighted by molar-refractivity contribution is 7.89. The predicted octanol–water partition coefficient (Wildman–Crippen LogP) is 0.619. The number of hydrogen-bond donors (Lipinski definition) is 1. The van der Waals surface area contributed by atoms with Crippen molar-refractivity contribution in [2.75, 3.05) is 19.7 Å². The van der Waals surface area contributed by atoms with Crippen LogP contribution in [0.25, 0.3) is 0 Å². The van der Waals surface area contributed by atoms with E-state index in [9.17, 15) is 18.3 Å². The Morgan fingerprint density at radius 1 is 1.35 bits per heavy atom. The van der Waals surface area contributed by atoms with Crippen molar-refractivity contribution in [1.29, 1.82) is 0 Å². The Morgan fingerprint density at radius 3 is 2.35 bits per heavy atom. The number of esters is 1. The molecule has 7 heteroatoms. The molecule has 2 rings (SSSR count). The van der Waals surface area contributed by atoms with Crippen molar-refractivity contribution < 1.29 is 23.1 Å². The zero-order valence-corrected chi connectivity index (χ0v) is 12.2.